The van der Waals surface area contributed by atoms with Crippen LogP contribution in [0.4, 0.5) is 0 Å². The lowest BCUT2D eigenvalue weighted by molar-refractivity contribution is 0.0654. The third-order valence-corrected chi connectivity index (χ3v) is 12.2. The molecule has 0 saturated carbocycles. The first-order valence-electron chi connectivity index (χ1n) is 8.20. The molecule has 0 bridgehead atoms. The maximum atomic E-state index is 12.4. The van der Waals surface area contributed by atoms with Gasteiger partial charge in [-0.15, -0.1) is 0 Å². The summed E-state index contributed by atoms with van der Waals surface area (Å²) in [5.74, 6) is 0. The smallest absolute Gasteiger partial charge is 0.305 e. The molecule has 6 heteroatoms. The molecule has 0 aromatic heterocycles. The van der Waals surface area contributed by atoms with Gasteiger partial charge in [-0.3, -0.25) is 0 Å². The van der Waals surface area contributed by atoms with Crippen molar-refractivity contribution in [1.82, 2.24) is 0 Å². The molecule has 0 radical (unpaired) electrons. The molecule has 0 N–H and O–H groups in total. The van der Waals surface area contributed by atoms with E-state index in [-0.39, 0.29) is 5.22 Å². The van der Waals surface area contributed by atoms with Crippen LogP contribution in [-0.4, -0.2) is 35.8 Å². The molecule has 0 unspecified atom stereocenters. The van der Waals surface area contributed by atoms with Crippen LogP contribution in [0.3, 0.4) is 0 Å². The van der Waals surface area contributed by atoms with E-state index < -0.39 is 30.5 Å². The van der Waals surface area contributed by atoms with Crippen LogP contribution in [0.5, 0.6) is 0 Å². The van der Waals surface area contributed by atoms with Gasteiger partial charge in [0.2, 0.25) is 8.32 Å². The fourth-order valence-corrected chi connectivity index (χ4v) is 10.9. The minimum absolute atomic E-state index is 0.232. The predicted molar refractivity (Wildman–Crippen MR) is 97.3 cm³/mol. The molecule has 0 amide bonds. The highest BCUT2D eigenvalue weighted by Crippen LogP contribution is 2.37. The highest BCUT2D eigenvalue weighted by Gasteiger charge is 2.51. The lowest BCUT2D eigenvalue weighted by Gasteiger charge is -2.49. The van der Waals surface area contributed by atoms with Crippen LogP contribution in [0.15, 0.2) is 0 Å². The van der Waals surface area contributed by atoms with Crippen LogP contribution in [0.2, 0.25) is 39.3 Å². The van der Waals surface area contributed by atoms with Crippen LogP contribution in [0, 0.1) is 0 Å². The van der Waals surface area contributed by atoms with E-state index in [2.05, 4.69) is 60.4 Å². The molecule has 0 rings (SSSR count). The van der Waals surface area contributed by atoms with Crippen molar-refractivity contribution in [3.05, 3.63) is 0 Å². The molecule has 0 aliphatic carbocycles. The molecule has 0 aromatic rings. The highest BCUT2D eigenvalue weighted by atomic mass is 28.4. The van der Waals surface area contributed by atoms with Gasteiger partial charge in [-0.05, 0) is 65.5 Å². The van der Waals surface area contributed by atoms with Crippen molar-refractivity contribution in [3.63, 3.8) is 0 Å². The van der Waals surface area contributed by atoms with Crippen molar-refractivity contribution in [2.45, 2.75) is 96.7 Å². The predicted octanol–water partition coefficient (Wildman–Crippen LogP) is 4.92. The van der Waals surface area contributed by atoms with Crippen LogP contribution >= 0.6 is 0 Å². The fraction of sp³-hybridized carbons (Fsp3) is 1.00. The maximum absolute atomic E-state index is 12.4. The van der Waals surface area contributed by atoms with E-state index in [9.17, 15) is 4.46 Å². The summed E-state index contributed by atoms with van der Waals surface area (Å²) in [5, 5.41) is -0.690. The van der Waals surface area contributed by atoms with Crippen LogP contribution in [-0.2, 0) is 13.3 Å². The second kappa shape index (κ2) is 7.29. The summed E-state index contributed by atoms with van der Waals surface area (Å²) in [5.41, 5.74) is 0. The van der Waals surface area contributed by atoms with E-state index in [0.717, 1.165) is 19.3 Å². The molecule has 0 aliphatic heterocycles. The van der Waals surface area contributed by atoms with Crippen molar-refractivity contribution in [1.29, 1.82) is 0 Å². The molecule has 21 heavy (non-hydrogen) atoms. The minimum atomic E-state index is -2.17. The summed E-state index contributed by atoms with van der Waals surface area (Å²) in [7, 11) is -5.59. The van der Waals surface area contributed by atoms with Gasteiger partial charge in [-0.1, -0.05) is 20.8 Å². The Labute approximate surface area is 135 Å². The zero-order valence-electron chi connectivity index (χ0n) is 15.8. The SMILES string of the molecule is CCC(CC)(O[Si](C)(C)[C@](C)(CC)O[Si](C)(C)C)[Si](C)=O. The van der Waals surface area contributed by atoms with Crippen molar-refractivity contribution < 1.29 is 13.3 Å². The Morgan fingerprint density at radius 3 is 1.57 bits per heavy atom. The van der Waals surface area contributed by atoms with Gasteiger partial charge < -0.3 is 13.3 Å². The molecule has 1 atom stereocenters. The minimum Gasteiger partial charge on any atom is -0.412 e. The summed E-state index contributed by atoms with van der Waals surface area (Å²) in [6.45, 7) is 21.5. The summed E-state index contributed by atoms with van der Waals surface area (Å²) < 4.78 is 25.6. The third kappa shape index (κ3) is 5.20. The third-order valence-electron chi connectivity index (χ3n) is 4.71. The molecular formula is C15H36O3Si3. The Balaban J connectivity index is 5.56. The van der Waals surface area contributed by atoms with E-state index >= 15 is 0 Å². The van der Waals surface area contributed by atoms with Gasteiger partial charge in [0.25, 0.3) is 0 Å². The van der Waals surface area contributed by atoms with E-state index in [1.54, 1.807) is 0 Å². The lowest BCUT2D eigenvalue weighted by Crippen LogP contribution is -2.63. The normalized spacial score (nSPS) is 16.7. The molecule has 3 nitrogen and oxygen atoms in total. The van der Waals surface area contributed by atoms with Crippen molar-refractivity contribution in [3.8, 4) is 0 Å². The maximum Gasteiger partial charge on any atom is 0.305 e. The molecule has 0 aliphatic rings. The molecule has 0 aromatic carbocycles. The second-order valence-electron chi connectivity index (χ2n) is 7.67. The summed E-state index contributed by atoms with van der Waals surface area (Å²) in [6, 6.07) is 0. The van der Waals surface area contributed by atoms with Gasteiger partial charge in [0.1, 0.15) is 0 Å². The molecule has 0 heterocycles. The number of hydrogen-bond donors (Lipinski definition) is 0. The quantitative estimate of drug-likeness (QED) is 0.555. The first-order chi connectivity index (χ1) is 9.29. The Morgan fingerprint density at radius 2 is 1.33 bits per heavy atom. The summed E-state index contributed by atoms with van der Waals surface area (Å²) >= 11 is 0. The van der Waals surface area contributed by atoms with E-state index in [1.165, 1.54) is 0 Å². The first kappa shape index (κ1) is 21.4. The van der Waals surface area contributed by atoms with Gasteiger partial charge >= 0.3 is 8.68 Å². The van der Waals surface area contributed by atoms with Gasteiger partial charge in [0.15, 0.2) is 8.32 Å². The molecular weight excluding hydrogens is 312 g/mol. The van der Waals surface area contributed by atoms with Gasteiger partial charge in [-0.25, -0.2) is 0 Å². The van der Waals surface area contributed by atoms with Gasteiger partial charge in [0, 0.05) is 0 Å². The van der Waals surface area contributed by atoms with Crippen LogP contribution < -0.4 is 0 Å². The largest absolute Gasteiger partial charge is 0.412 e. The van der Waals surface area contributed by atoms with E-state index in [4.69, 9.17) is 8.85 Å². The van der Waals surface area contributed by atoms with Crippen molar-refractivity contribution in [2.75, 3.05) is 0 Å². The molecule has 0 saturated heterocycles. The molecule has 0 spiro atoms. The van der Waals surface area contributed by atoms with Gasteiger partial charge in [-0.2, -0.15) is 0 Å². The Morgan fingerprint density at radius 1 is 0.905 bits per heavy atom. The number of hydrogen-bond acceptors (Lipinski definition) is 3. The lowest BCUT2D eigenvalue weighted by atomic mass is 10.2. The van der Waals surface area contributed by atoms with Gasteiger partial charge in [0.05, 0.1) is 10.4 Å². The van der Waals surface area contributed by atoms with Crippen LogP contribution in [0.1, 0.15) is 47.0 Å². The topological polar surface area (TPSA) is 35.5 Å². The Bertz CT molecular complexity index is 360. The zero-order chi connectivity index (χ0) is 17.1. The highest BCUT2D eigenvalue weighted by molar-refractivity contribution is 6.77. The van der Waals surface area contributed by atoms with Crippen molar-refractivity contribution in [2.24, 2.45) is 0 Å². The standard InChI is InChI=1S/C15H36O3Si3/c1-11-14(4,17-20(6,7)8)21(9,10)18-15(12-2,13-3)19(5)16/h11-13H2,1-10H3/t14-/m1/s1. The Hall–Kier alpha value is 0.371. The Kier molecular flexibility index (Phi) is 7.42. The average molecular weight is 349 g/mol. The monoisotopic (exact) mass is 348 g/mol. The average Bonchev–Trinajstić information content (AvgIpc) is 2.33. The summed E-state index contributed by atoms with van der Waals surface area (Å²) in [4.78, 5) is 0. The van der Waals surface area contributed by atoms with Crippen LogP contribution in [0.25, 0.3) is 0 Å². The second-order valence-corrected chi connectivity index (χ2v) is 18.4. The number of rotatable bonds is 9. The van der Waals surface area contributed by atoms with E-state index in [1.807, 2.05) is 6.55 Å². The first-order valence-corrected chi connectivity index (χ1v) is 16.4. The molecule has 126 valence electrons. The molecule has 0 fully saturated rings. The zero-order valence-corrected chi connectivity index (χ0v) is 18.8. The summed E-state index contributed by atoms with van der Waals surface area (Å²) in [6.07, 6.45) is 2.55. The fourth-order valence-electron chi connectivity index (χ4n) is 2.86. The van der Waals surface area contributed by atoms with E-state index in [0.29, 0.717) is 0 Å². The van der Waals surface area contributed by atoms with Crippen molar-refractivity contribution >= 4 is 25.3 Å².